The van der Waals surface area contributed by atoms with E-state index in [-0.39, 0.29) is 5.91 Å². The minimum absolute atomic E-state index is 0.0764. The molecule has 0 aliphatic heterocycles. The minimum atomic E-state index is -0.0764. The molecule has 0 unspecified atom stereocenters. The number of hydrogen-bond acceptors (Lipinski definition) is 3. The van der Waals surface area contributed by atoms with E-state index in [1.807, 2.05) is 26.0 Å². The molecule has 0 fully saturated rings. The summed E-state index contributed by atoms with van der Waals surface area (Å²) < 4.78 is 0. The average Bonchev–Trinajstić information content (AvgIpc) is 2.44. The predicted molar refractivity (Wildman–Crippen MR) is 82.4 cm³/mol. The van der Waals surface area contributed by atoms with Gasteiger partial charge in [-0.25, -0.2) is 0 Å². The van der Waals surface area contributed by atoms with E-state index in [1.165, 1.54) is 0 Å². The van der Waals surface area contributed by atoms with Crippen LogP contribution < -0.4 is 10.2 Å². The highest BCUT2D eigenvalue weighted by Gasteiger charge is 2.17. The fourth-order valence-corrected chi connectivity index (χ4v) is 2.23. The SMILES string of the molecule is CNc1ccncc1C(=O)N(C)c1cc(C)cc(C)c1. The van der Waals surface area contributed by atoms with E-state index in [0.717, 1.165) is 22.5 Å². The number of rotatable bonds is 3. The fraction of sp³-hybridized carbons (Fsp3) is 0.250. The number of nitrogens with zero attached hydrogens (tertiary/aromatic N) is 2. The molecular weight excluding hydrogens is 250 g/mol. The summed E-state index contributed by atoms with van der Waals surface area (Å²) in [5, 5.41) is 3.02. The highest BCUT2D eigenvalue weighted by Crippen LogP contribution is 2.22. The molecule has 0 aliphatic carbocycles. The van der Waals surface area contributed by atoms with Gasteiger partial charge in [0.1, 0.15) is 0 Å². The molecule has 4 heteroatoms. The van der Waals surface area contributed by atoms with Crippen molar-refractivity contribution in [1.29, 1.82) is 0 Å². The molecule has 0 aliphatic rings. The van der Waals surface area contributed by atoms with E-state index in [9.17, 15) is 4.79 Å². The molecule has 0 saturated carbocycles. The van der Waals surface area contributed by atoms with Crippen molar-refractivity contribution in [1.82, 2.24) is 4.98 Å². The van der Waals surface area contributed by atoms with Crippen LogP contribution in [-0.4, -0.2) is 25.0 Å². The molecule has 1 heterocycles. The largest absolute Gasteiger partial charge is 0.387 e. The predicted octanol–water partition coefficient (Wildman–Crippen LogP) is 3.02. The Bertz CT molecular complexity index is 617. The van der Waals surface area contributed by atoms with Crippen molar-refractivity contribution in [2.75, 3.05) is 24.3 Å². The number of pyridine rings is 1. The molecule has 2 aromatic rings. The lowest BCUT2D eigenvalue weighted by Crippen LogP contribution is -2.27. The number of nitrogens with one attached hydrogen (secondary N) is 1. The summed E-state index contributed by atoms with van der Waals surface area (Å²) in [4.78, 5) is 18.3. The first-order chi connectivity index (χ1) is 9.52. The molecule has 0 atom stereocenters. The van der Waals surface area contributed by atoms with Gasteiger partial charge in [-0.1, -0.05) is 6.07 Å². The molecule has 0 saturated heterocycles. The summed E-state index contributed by atoms with van der Waals surface area (Å²) >= 11 is 0. The first-order valence-corrected chi connectivity index (χ1v) is 6.51. The Balaban J connectivity index is 2.37. The van der Waals surface area contributed by atoms with Gasteiger partial charge in [0.25, 0.3) is 5.91 Å². The molecule has 0 radical (unpaired) electrons. The zero-order valence-corrected chi connectivity index (χ0v) is 12.3. The van der Waals surface area contributed by atoms with Gasteiger partial charge in [-0.2, -0.15) is 0 Å². The van der Waals surface area contributed by atoms with Crippen LogP contribution >= 0.6 is 0 Å². The fourth-order valence-electron chi connectivity index (χ4n) is 2.23. The summed E-state index contributed by atoms with van der Waals surface area (Å²) in [5.41, 5.74) is 4.51. The topological polar surface area (TPSA) is 45.2 Å². The van der Waals surface area contributed by atoms with Gasteiger partial charge in [-0.3, -0.25) is 9.78 Å². The second-order valence-corrected chi connectivity index (χ2v) is 4.88. The minimum Gasteiger partial charge on any atom is -0.387 e. The van der Waals surface area contributed by atoms with E-state index in [0.29, 0.717) is 5.56 Å². The zero-order valence-electron chi connectivity index (χ0n) is 12.3. The van der Waals surface area contributed by atoms with Crippen LogP contribution in [0.3, 0.4) is 0 Å². The molecule has 20 heavy (non-hydrogen) atoms. The Morgan fingerprint density at radius 2 is 1.85 bits per heavy atom. The lowest BCUT2D eigenvalue weighted by Gasteiger charge is -2.20. The standard InChI is InChI=1S/C16H19N3O/c1-11-7-12(2)9-13(8-11)19(4)16(20)14-10-18-6-5-15(14)17-3/h5-10H,1-4H3,(H,17,18). The first kappa shape index (κ1) is 14.1. The van der Waals surface area contributed by atoms with Crippen LogP contribution in [0.5, 0.6) is 0 Å². The third kappa shape index (κ3) is 2.79. The summed E-state index contributed by atoms with van der Waals surface area (Å²) in [6.45, 7) is 4.05. The van der Waals surface area contributed by atoms with Crippen LogP contribution in [0.25, 0.3) is 0 Å². The average molecular weight is 269 g/mol. The van der Waals surface area contributed by atoms with Crippen LogP contribution in [-0.2, 0) is 0 Å². The molecule has 2 rings (SSSR count). The molecule has 1 N–H and O–H groups in total. The normalized spacial score (nSPS) is 10.2. The van der Waals surface area contributed by atoms with Gasteiger partial charge in [-0.15, -0.1) is 0 Å². The number of carbonyl (C=O) groups is 1. The van der Waals surface area contributed by atoms with Crippen molar-refractivity contribution in [3.8, 4) is 0 Å². The van der Waals surface area contributed by atoms with Gasteiger partial charge in [0.05, 0.1) is 5.56 Å². The summed E-state index contributed by atoms with van der Waals surface area (Å²) in [7, 11) is 3.58. The van der Waals surface area contributed by atoms with Crippen molar-refractivity contribution in [3.63, 3.8) is 0 Å². The Hall–Kier alpha value is -2.36. The Labute approximate surface area is 119 Å². The van der Waals surface area contributed by atoms with Crippen molar-refractivity contribution in [2.45, 2.75) is 13.8 Å². The Morgan fingerprint density at radius 1 is 1.20 bits per heavy atom. The Kier molecular flexibility index (Phi) is 4.03. The van der Waals surface area contributed by atoms with E-state index in [2.05, 4.69) is 16.4 Å². The maximum atomic E-state index is 12.6. The first-order valence-electron chi connectivity index (χ1n) is 6.51. The van der Waals surface area contributed by atoms with Crippen LogP contribution in [0.15, 0.2) is 36.7 Å². The number of benzene rings is 1. The highest BCUT2D eigenvalue weighted by atomic mass is 16.2. The van der Waals surface area contributed by atoms with Gasteiger partial charge in [0, 0.05) is 37.9 Å². The molecule has 1 aromatic carbocycles. The number of amides is 1. The maximum Gasteiger partial charge on any atom is 0.261 e. The smallest absolute Gasteiger partial charge is 0.261 e. The molecule has 0 spiro atoms. The molecular formula is C16H19N3O. The van der Waals surface area contributed by atoms with Gasteiger partial charge in [0.15, 0.2) is 0 Å². The second kappa shape index (κ2) is 5.74. The highest BCUT2D eigenvalue weighted by molar-refractivity contribution is 6.09. The number of anilines is 2. The van der Waals surface area contributed by atoms with Crippen LogP contribution in [0.2, 0.25) is 0 Å². The van der Waals surface area contributed by atoms with E-state index >= 15 is 0 Å². The summed E-state index contributed by atoms with van der Waals surface area (Å²) in [6.07, 6.45) is 3.26. The van der Waals surface area contributed by atoms with Crippen molar-refractivity contribution in [3.05, 3.63) is 53.3 Å². The molecule has 0 bridgehead atoms. The van der Waals surface area contributed by atoms with Crippen LogP contribution in [0, 0.1) is 13.8 Å². The number of hydrogen-bond donors (Lipinski definition) is 1. The van der Waals surface area contributed by atoms with Gasteiger partial charge < -0.3 is 10.2 Å². The zero-order chi connectivity index (χ0) is 14.7. The van der Waals surface area contributed by atoms with Gasteiger partial charge in [0.2, 0.25) is 0 Å². The monoisotopic (exact) mass is 269 g/mol. The molecule has 104 valence electrons. The third-order valence-corrected chi connectivity index (χ3v) is 3.22. The van der Waals surface area contributed by atoms with E-state index in [1.54, 1.807) is 37.5 Å². The van der Waals surface area contributed by atoms with Crippen molar-refractivity contribution < 1.29 is 4.79 Å². The van der Waals surface area contributed by atoms with Gasteiger partial charge >= 0.3 is 0 Å². The lowest BCUT2D eigenvalue weighted by molar-refractivity contribution is 0.0993. The van der Waals surface area contributed by atoms with Crippen molar-refractivity contribution >= 4 is 17.3 Å². The molecule has 1 amide bonds. The number of carbonyl (C=O) groups excluding carboxylic acids is 1. The molecule has 4 nitrogen and oxygen atoms in total. The quantitative estimate of drug-likeness (QED) is 0.931. The van der Waals surface area contributed by atoms with Crippen LogP contribution in [0.4, 0.5) is 11.4 Å². The van der Waals surface area contributed by atoms with Gasteiger partial charge in [-0.05, 0) is 43.2 Å². The van der Waals surface area contributed by atoms with Crippen molar-refractivity contribution in [2.24, 2.45) is 0 Å². The third-order valence-electron chi connectivity index (χ3n) is 3.22. The van der Waals surface area contributed by atoms with E-state index < -0.39 is 0 Å². The van der Waals surface area contributed by atoms with Crippen LogP contribution in [0.1, 0.15) is 21.5 Å². The number of aromatic nitrogens is 1. The Morgan fingerprint density at radius 3 is 2.45 bits per heavy atom. The lowest BCUT2D eigenvalue weighted by atomic mass is 10.1. The summed E-state index contributed by atoms with van der Waals surface area (Å²) in [5.74, 6) is -0.0764. The van der Waals surface area contributed by atoms with E-state index in [4.69, 9.17) is 0 Å². The molecule has 1 aromatic heterocycles. The maximum absolute atomic E-state index is 12.6. The second-order valence-electron chi connectivity index (χ2n) is 4.88. The summed E-state index contributed by atoms with van der Waals surface area (Å²) in [6, 6.07) is 7.88. The number of aryl methyl sites for hydroxylation is 2.